The molecule has 1 aromatic heterocycles. The first-order valence-electron chi connectivity index (χ1n) is 6.27. The van der Waals surface area contributed by atoms with Gasteiger partial charge in [-0.2, -0.15) is 0 Å². The normalized spacial score (nSPS) is 10.4. The highest BCUT2D eigenvalue weighted by atomic mass is 16.3. The predicted molar refractivity (Wildman–Crippen MR) is 78.4 cm³/mol. The van der Waals surface area contributed by atoms with Crippen molar-refractivity contribution in [2.45, 2.75) is 0 Å². The van der Waals surface area contributed by atoms with Crippen LogP contribution in [0.15, 0.2) is 66.9 Å². The van der Waals surface area contributed by atoms with Crippen LogP contribution in [0.25, 0.3) is 22.4 Å². The Bertz CT molecular complexity index is 658. The molecule has 0 aliphatic rings. The number of hydrogen-bond acceptors (Lipinski definition) is 3. The lowest BCUT2D eigenvalue weighted by molar-refractivity contribution is 0.475. The van der Waals surface area contributed by atoms with Gasteiger partial charge in [-0.25, -0.2) is 0 Å². The molecule has 0 unspecified atom stereocenters. The van der Waals surface area contributed by atoms with Crippen molar-refractivity contribution in [1.29, 1.82) is 0 Å². The summed E-state index contributed by atoms with van der Waals surface area (Å²) >= 11 is 0. The number of pyridine rings is 1. The van der Waals surface area contributed by atoms with Crippen molar-refractivity contribution < 1.29 is 10.2 Å². The SMILES string of the molecule is Oc1ccc(-c2ccnc(-c3ccc(O)cc3)c2)cc1. The van der Waals surface area contributed by atoms with E-state index in [0.29, 0.717) is 0 Å². The zero-order valence-corrected chi connectivity index (χ0v) is 10.7. The molecule has 0 spiro atoms. The lowest BCUT2D eigenvalue weighted by Gasteiger charge is -2.05. The van der Waals surface area contributed by atoms with Crippen LogP contribution in [0.2, 0.25) is 0 Å². The van der Waals surface area contributed by atoms with E-state index >= 15 is 0 Å². The van der Waals surface area contributed by atoms with E-state index in [-0.39, 0.29) is 11.5 Å². The number of benzene rings is 2. The third kappa shape index (κ3) is 2.47. The van der Waals surface area contributed by atoms with Crippen molar-refractivity contribution >= 4 is 0 Å². The van der Waals surface area contributed by atoms with Crippen molar-refractivity contribution in [1.82, 2.24) is 4.98 Å². The number of hydrogen-bond donors (Lipinski definition) is 2. The first-order valence-corrected chi connectivity index (χ1v) is 6.27. The summed E-state index contributed by atoms with van der Waals surface area (Å²) in [6.07, 6.45) is 1.75. The van der Waals surface area contributed by atoms with Crippen molar-refractivity contribution in [2.24, 2.45) is 0 Å². The number of phenols is 2. The molecule has 0 radical (unpaired) electrons. The van der Waals surface area contributed by atoms with Crippen molar-refractivity contribution in [3.8, 4) is 33.9 Å². The summed E-state index contributed by atoms with van der Waals surface area (Å²) in [5.41, 5.74) is 3.84. The molecule has 2 aromatic carbocycles. The second-order valence-corrected chi connectivity index (χ2v) is 4.52. The van der Waals surface area contributed by atoms with E-state index in [1.54, 1.807) is 30.5 Å². The Hall–Kier alpha value is -2.81. The maximum atomic E-state index is 9.33. The van der Waals surface area contributed by atoms with E-state index in [0.717, 1.165) is 22.4 Å². The van der Waals surface area contributed by atoms with Crippen LogP contribution in [-0.2, 0) is 0 Å². The molecule has 0 amide bonds. The summed E-state index contributed by atoms with van der Waals surface area (Å²) in [5.74, 6) is 0.491. The smallest absolute Gasteiger partial charge is 0.115 e. The van der Waals surface area contributed by atoms with Crippen LogP contribution >= 0.6 is 0 Å². The van der Waals surface area contributed by atoms with Crippen molar-refractivity contribution in [2.75, 3.05) is 0 Å². The Balaban J connectivity index is 2.01. The highest BCUT2D eigenvalue weighted by Gasteiger charge is 2.03. The van der Waals surface area contributed by atoms with Crippen molar-refractivity contribution in [3.63, 3.8) is 0 Å². The monoisotopic (exact) mass is 263 g/mol. The van der Waals surface area contributed by atoms with E-state index in [2.05, 4.69) is 4.98 Å². The quantitative estimate of drug-likeness (QED) is 0.738. The standard InChI is InChI=1S/C17H13NO2/c19-15-5-1-12(2-6-15)14-9-10-18-17(11-14)13-3-7-16(20)8-4-13/h1-11,19-20H. The summed E-state index contributed by atoms with van der Waals surface area (Å²) in [7, 11) is 0. The fraction of sp³-hybridized carbons (Fsp3) is 0. The number of nitrogens with zero attached hydrogens (tertiary/aromatic N) is 1. The molecule has 1 heterocycles. The van der Waals surface area contributed by atoms with Gasteiger partial charge in [0.2, 0.25) is 0 Å². The highest BCUT2D eigenvalue weighted by molar-refractivity contribution is 5.70. The molecule has 3 heteroatoms. The fourth-order valence-corrected chi connectivity index (χ4v) is 2.05. The molecule has 3 aromatic rings. The summed E-state index contributed by atoms with van der Waals surface area (Å²) in [6.45, 7) is 0. The topological polar surface area (TPSA) is 53.4 Å². The fourth-order valence-electron chi connectivity index (χ4n) is 2.05. The Labute approximate surface area is 116 Å². The Morgan fingerprint density at radius 3 is 1.75 bits per heavy atom. The van der Waals surface area contributed by atoms with Gasteiger partial charge in [-0.1, -0.05) is 12.1 Å². The minimum absolute atomic E-state index is 0.239. The van der Waals surface area contributed by atoms with Gasteiger partial charge in [-0.3, -0.25) is 4.98 Å². The van der Waals surface area contributed by atoms with Gasteiger partial charge in [-0.15, -0.1) is 0 Å². The summed E-state index contributed by atoms with van der Waals surface area (Å²) in [6, 6.07) is 17.9. The van der Waals surface area contributed by atoms with E-state index in [4.69, 9.17) is 0 Å². The molecule has 0 fully saturated rings. The molecule has 3 rings (SSSR count). The predicted octanol–water partition coefficient (Wildman–Crippen LogP) is 3.83. The van der Waals surface area contributed by atoms with Crippen LogP contribution in [0.4, 0.5) is 0 Å². The summed E-state index contributed by atoms with van der Waals surface area (Å²) < 4.78 is 0. The second kappa shape index (κ2) is 5.05. The van der Waals surface area contributed by atoms with Crippen LogP contribution in [0, 0.1) is 0 Å². The van der Waals surface area contributed by atoms with Crippen LogP contribution in [0.1, 0.15) is 0 Å². The van der Waals surface area contributed by atoms with Crippen LogP contribution in [-0.4, -0.2) is 15.2 Å². The van der Waals surface area contributed by atoms with Gasteiger partial charge in [-0.05, 0) is 59.7 Å². The van der Waals surface area contributed by atoms with Gasteiger partial charge in [0, 0.05) is 11.8 Å². The largest absolute Gasteiger partial charge is 0.508 e. The number of rotatable bonds is 2. The lowest BCUT2D eigenvalue weighted by Crippen LogP contribution is -1.85. The van der Waals surface area contributed by atoms with Gasteiger partial charge < -0.3 is 10.2 Å². The zero-order chi connectivity index (χ0) is 13.9. The van der Waals surface area contributed by atoms with Gasteiger partial charge >= 0.3 is 0 Å². The first kappa shape index (κ1) is 12.2. The molecule has 0 aliphatic heterocycles. The number of phenolic OH excluding ortho intramolecular Hbond substituents is 2. The number of aromatic hydroxyl groups is 2. The van der Waals surface area contributed by atoms with E-state index in [9.17, 15) is 10.2 Å². The molecule has 0 saturated carbocycles. The minimum Gasteiger partial charge on any atom is -0.508 e. The molecule has 3 nitrogen and oxygen atoms in total. The first-order chi connectivity index (χ1) is 9.72. The molecule has 0 atom stereocenters. The van der Waals surface area contributed by atoms with Crippen LogP contribution in [0.5, 0.6) is 11.5 Å². The van der Waals surface area contributed by atoms with Gasteiger partial charge in [0.1, 0.15) is 11.5 Å². The molecule has 20 heavy (non-hydrogen) atoms. The maximum Gasteiger partial charge on any atom is 0.115 e. The molecule has 2 N–H and O–H groups in total. The molecule has 0 saturated heterocycles. The Morgan fingerprint density at radius 2 is 1.15 bits per heavy atom. The molecule has 0 aliphatic carbocycles. The van der Waals surface area contributed by atoms with Crippen LogP contribution < -0.4 is 0 Å². The summed E-state index contributed by atoms with van der Waals surface area (Å²) in [5, 5.41) is 18.6. The Morgan fingerprint density at radius 1 is 0.600 bits per heavy atom. The van der Waals surface area contributed by atoms with Gasteiger partial charge in [0.15, 0.2) is 0 Å². The van der Waals surface area contributed by atoms with E-state index in [1.165, 1.54) is 0 Å². The average Bonchev–Trinajstić information content (AvgIpc) is 2.49. The minimum atomic E-state index is 0.239. The molecule has 0 bridgehead atoms. The molecule has 98 valence electrons. The maximum absolute atomic E-state index is 9.33. The third-order valence-corrected chi connectivity index (χ3v) is 3.12. The zero-order valence-electron chi connectivity index (χ0n) is 10.7. The van der Waals surface area contributed by atoms with E-state index in [1.807, 2.05) is 36.4 Å². The van der Waals surface area contributed by atoms with Gasteiger partial charge in [0.05, 0.1) is 5.69 Å². The molecular formula is C17H13NO2. The van der Waals surface area contributed by atoms with E-state index < -0.39 is 0 Å². The van der Waals surface area contributed by atoms with Gasteiger partial charge in [0.25, 0.3) is 0 Å². The second-order valence-electron chi connectivity index (χ2n) is 4.52. The average molecular weight is 263 g/mol. The van der Waals surface area contributed by atoms with Crippen molar-refractivity contribution in [3.05, 3.63) is 66.9 Å². The lowest BCUT2D eigenvalue weighted by atomic mass is 10.0. The highest BCUT2D eigenvalue weighted by Crippen LogP contribution is 2.26. The van der Waals surface area contributed by atoms with Crippen LogP contribution in [0.3, 0.4) is 0 Å². The Kier molecular flexibility index (Phi) is 3.09. The third-order valence-electron chi connectivity index (χ3n) is 3.12. The summed E-state index contributed by atoms with van der Waals surface area (Å²) in [4.78, 5) is 4.35. The number of aromatic nitrogens is 1. The molecular weight excluding hydrogens is 250 g/mol.